The molecule has 2 heterocycles. The van der Waals surface area contributed by atoms with Gasteiger partial charge >= 0.3 is 0 Å². The summed E-state index contributed by atoms with van der Waals surface area (Å²) in [7, 11) is 2.12. The monoisotopic (exact) mass is 450 g/mol. The number of benzene rings is 3. The molecule has 0 radical (unpaired) electrons. The molecular formula is C29H30N4O. The van der Waals surface area contributed by atoms with Gasteiger partial charge < -0.3 is 4.90 Å². The lowest BCUT2D eigenvalue weighted by atomic mass is 10.1. The summed E-state index contributed by atoms with van der Waals surface area (Å²) in [6.45, 7) is 3.32. The first-order valence-electron chi connectivity index (χ1n) is 11.9. The van der Waals surface area contributed by atoms with Crippen LogP contribution in [0.3, 0.4) is 0 Å². The van der Waals surface area contributed by atoms with Crippen LogP contribution in [0.25, 0.3) is 16.9 Å². The standard InChI is InChI=1S/C29H30N4O/c1-31(20-23-14-16-25(17-15-23)29(34)32-18-8-9-19-32)21-26-22-33(27-12-6-3-7-13-27)30-28(26)24-10-4-2-5-11-24/h2-7,10-17,22H,8-9,18-21H2,1H3. The molecule has 5 heteroatoms. The number of amides is 1. The average molecular weight is 451 g/mol. The van der Waals surface area contributed by atoms with E-state index >= 15 is 0 Å². The highest BCUT2D eigenvalue weighted by Gasteiger charge is 2.19. The van der Waals surface area contributed by atoms with Gasteiger partial charge in [0.1, 0.15) is 0 Å². The lowest BCUT2D eigenvalue weighted by Gasteiger charge is -2.18. The summed E-state index contributed by atoms with van der Waals surface area (Å²) in [5.74, 6) is 0.151. The van der Waals surface area contributed by atoms with Crippen molar-refractivity contribution in [1.82, 2.24) is 19.6 Å². The Bertz CT molecular complexity index is 1230. The summed E-state index contributed by atoms with van der Waals surface area (Å²) in [4.78, 5) is 16.9. The Labute approximate surface area is 201 Å². The van der Waals surface area contributed by atoms with Crippen molar-refractivity contribution in [3.05, 3.63) is 108 Å². The van der Waals surface area contributed by atoms with Gasteiger partial charge in [0.15, 0.2) is 0 Å². The molecular weight excluding hydrogens is 420 g/mol. The number of carbonyl (C=O) groups excluding carboxylic acids is 1. The molecule has 1 aliphatic heterocycles. The molecule has 1 aliphatic rings. The van der Waals surface area contributed by atoms with Gasteiger partial charge in [-0.2, -0.15) is 5.10 Å². The highest BCUT2D eigenvalue weighted by atomic mass is 16.2. The van der Waals surface area contributed by atoms with Crippen molar-refractivity contribution < 1.29 is 4.79 Å². The second kappa shape index (κ2) is 10.1. The molecule has 1 aromatic heterocycles. The Morgan fingerprint density at radius 2 is 1.50 bits per heavy atom. The van der Waals surface area contributed by atoms with Gasteiger partial charge in [0.2, 0.25) is 0 Å². The molecule has 0 aliphatic carbocycles. The molecule has 172 valence electrons. The van der Waals surface area contributed by atoms with Crippen LogP contribution in [-0.4, -0.2) is 45.6 Å². The molecule has 5 rings (SSSR count). The van der Waals surface area contributed by atoms with Crippen molar-refractivity contribution in [2.24, 2.45) is 0 Å². The van der Waals surface area contributed by atoms with E-state index in [-0.39, 0.29) is 5.91 Å². The zero-order chi connectivity index (χ0) is 23.3. The second-order valence-electron chi connectivity index (χ2n) is 9.02. The van der Waals surface area contributed by atoms with Crippen molar-refractivity contribution >= 4 is 5.91 Å². The number of nitrogens with zero attached hydrogens (tertiary/aromatic N) is 4. The van der Waals surface area contributed by atoms with Crippen molar-refractivity contribution in [3.8, 4) is 16.9 Å². The maximum Gasteiger partial charge on any atom is 0.253 e. The predicted molar refractivity (Wildman–Crippen MR) is 136 cm³/mol. The summed E-state index contributed by atoms with van der Waals surface area (Å²) in [5.41, 5.74) is 6.32. The van der Waals surface area contributed by atoms with Crippen molar-refractivity contribution in [3.63, 3.8) is 0 Å². The van der Waals surface area contributed by atoms with E-state index < -0.39 is 0 Å². The minimum Gasteiger partial charge on any atom is -0.339 e. The molecule has 34 heavy (non-hydrogen) atoms. The molecule has 3 aromatic carbocycles. The molecule has 1 amide bonds. The molecule has 1 saturated heterocycles. The quantitative estimate of drug-likeness (QED) is 0.378. The predicted octanol–water partition coefficient (Wildman–Crippen LogP) is 5.41. The zero-order valence-corrected chi connectivity index (χ0v) is 19.6. The summed E-state index contributed by atoms with van der Waals surface area (Å²) >= 11 is 0. The molecule has 0 N–H and O–H groups in total. The molecule has 1 fully saturated rings. The maximum absolute atomic E-state index is 12.6. The minimum atomic E-state index is 0.151. The van der Waals surface area contributed by atoms with Crippen LogP contribution in [0.4, 0.5) is 0 Å². The number of hydrogen-bond donors (Lipinski definition) is 0. The normalized spacial score (nSPS) is 13.5. The van der Waals surface area contributed by atoms with Crippen LogP contribution in [0.15, 0.2) is 91.1 Å². The number of para-hydroxylation sites is 1. The largest absolute Gasteiger partial charge is 0.339 e. The van der Waals surface area contributed by atoms with Crippen LogP contribution in [0.5, 0.6) is 0 Å². The fourth-order valence-electron chi connectivity index (χ4n) is 4.59. The van der Waals surface area contributed by atoms with E-state index in [1.165, 1.54) is 11.1 Å². The van der Waals surface area contributed by atoms with Crippen molar-refractivity contribution in [1.29, 1.82) is 0 Å². The summed E-state index contributed by atoms with van der Waals surface area (Å²) in [6, 6.07) is 28.6. The zero-order valence-electron chi connectivity index (χ0n) is 19.6. The number of carbonyl (C=O) groups is 1. The Hall–Kier alpha value is -3.70. The van der Waals surface area contributed by atoms with E-state index in [1.807, 2.05) is 46.0 Å². The Morgan fingerprint density at radius 1 is 0.853 bits per heavy atom. The fourth-order valence-corrected chi connectivity index (χ4v) is 4.59. The van der Waals surface area contributed by atoms with Gasteiger partial charge in [0.05, 0.1) is 11.4 Å². The third kappa shape index (κ3) is 4.95. The molecule has 0 saturated carbocycles. The Kier molecular flexibility index (Phi) is 6.54. The molecule has 0 spiro atoms. The van der Waals surface area contributed by atoms with Crippen molar-refractivity contribution in [2.45, 2.75) is 25.9 Å². The smallest absolute Gasteiger partial charge is 0.253 e. The first-order chi connectivity index (χ1) is 16.7. The summed E-state index contributed by atoms with van der Waals surface area (Å²) < 4.78 is 1.96. The Morgan fingerprint density at radius 3 is 2.18 bits per heavy atom. The van der Waals surface area contributed by atoms with Gasteiger partial charge in [0.25, 0.3) is 5.91 Å². The van der Waals surface area contributed by atoms with E-state index in [0.29, 0.717) is 0 Å². The van der Waals surface area contributed by atoms with Gasteiger partial charge in [-0.25, -0.2) is 4.68 Å². The number of likely N-dealkylation sites (tertiary alicyclic amines) is 1. The summed E-state index contributed by atoms with van der Waals surface area (Å²) in [6.07, 6.45) is 4.35. The highest BCUT2D eigenvalue weighted by Crippen LogP contribution is 2.25. The highest BCUT2D eigenvalue weighted by molar-refractivity contribution is 5.94. The van der Waals surface area contributed by atoms with Gasteiger partial charge in [-0.15, -0.1) is 0 Å². The van der Waals surface area contributed by atoms with Gasteiger partial charge in [-0.3, -0.25) is 9.69 Å². The van der Waals surface area contributed by atoms with E-state index in [9.17, 15) is 4.79 Å². The van der Waals surface area contributed by atoms with E-state index in [2.05, 4.69) is 66.7 Å². The molecule has 5 nitrogen and oxygen atoms in total. The molecule has 0 bridgehead atoms. The molecule has 4 aromatic rings. The van der Waals surface area contributed by atoms with Crippen LogP contribution in [-0.2, 0) is 13.1 Å². The van der Waals surface area contributed by atoms with Crippen LogP contribution in [0, 0.1) is 0 Å². The van der Waals surface area contributed by atoms with E-state index in [0.717, 1.165) is 61.5 Å². The average Bonchev–Trinajstić information content (AvgIpc) is 3.56. The minimum absolute atomic E-state index is 0.151. The lowest BCUT2D eigenvalue weighted by Crippen LogP contribution is -2.27. The van der Waals surface area contributed by atoms with Crippen LogP contribution < -0.4 is 0 Å². The SMILES string of the molecule is CN(Cc1ccc(C(=O)N2CCCC2)cc1)Cc1cn(-c2ccccc2)nc1-c1ccccc1. The summed E-state index contributed by atoms with van der Waals surface area (Å²) in [5, 5.41) is 4.93. The van der Waals surface area contributed by atoms with Gasteiger partial charge in [-0.05, 0) is 49.7 Å². The van der Waals surface area contributed by atoms with Crippen LogP contribution in [0.2, 0.25) is 0 Å². The number of aromatic nitrogens is 2. The van der Waals surface area contributed by atoms with E-state index in [1.54, 1.807) is 0 Å². The first kappa shape index (κ1) is 22.1. The van der Waals surface area contributed by atoms with Crippen LogP contribution >= 0.6 is 0 Å². The fraction of sp³-hybridized carbons (Fsp3) is 0.241. The van der Waals surface area contributed by atoms with Gasteiger partial charge in [0, 0.05) is 49.1 Å². The Balaban J connectivity index is 1.32. The molecule has 0 atom stereocenters. The van der Waals surface area contributed by atoms with E-state index in [4.69, 9.17) is 5.10 Å². The lowest BCUT2D eigenvalue weighted by molar-refractivity contribution is 0.0793. The van der Waals surface area contributed by atoms with Crippen LogP contribution in [0.1, 0.15) is 34.3 Å². The first-order valence-corrected chi connectivity index (χ1v) is 11.9. The molecule has 0 unspecified atom stereocenters. The van der Waals surface area contributed by atoms with Crippen molar-refractivity contribution in [2.75, 3.05) is 20.1 Å². The third-order valence-electron chi connectivity index (χ3n) is 6.34. The van der Waals surface area contributed by atoms with Gasteiger partial charge in [-0.1, -0.05) is 60.7 Å². The number of hydrogen-bond acceptors (Lipinski definition) is 3. The number of rotatable bonds is 7. The topological polar surface area (TPSA) is 41.4 Å². The third-order valence-corrected chi connectivity index (χ3v) is 6.34. The maximum atomic E-state index is 12.6. The second-order valence-corrected chi connectivity index (χ2v) is 9.02.